The van der Waals surface area contributed by atoms with Crippen LogP contribution in [0.5, 0.6) is 0 Å². The average Bonchev–Trinajstić information content (AvgIpc) is 3.10. The molecule has 0 aliphatic carbocycles. The molecule has 0 aliphatic heterocycles. The van der Waals surface area contributed by atoms with E-state index < -0.39 is 5.97 Å². The number of hydrogen-bond donors (Lipinski definition) is 6. The molecule has 52 heavy (non-hydrogen) atoms. The minimum Gasteiger partial charge on any atom is -0.481 e. The Hall–Kier alpha value is -3.34. The molecule has 0 aliphatic rings. The Labute approximate surface area is 309 Å². The Bertz CT molecular complexity index is 956. The maximum Gasteiger partial charge on any atom is 0.303 e. The van der Waals surface area contributed by atoms with Crippen molar-refractivity contribution >= 4 is 35.5 Å². The zero-order valence-electron chi connectivity index (χ0n) is 31.5. The molecule has 0 heterocycles. The lowest BCUT2D eigenvalue weighted by Crippen LogP contribution is -2.35. The normalized spacial score (nSPS) is 10.8. The van der Waals surface area contributed by atoms with E-state index in [2.05, 4.69) is 26.6 Å². The van der Waals surface area contributed by atoms with Gasteiger partial charge in [-0.3, -0.25) is 28.8 Å². The van der Waals surface area contributed by atoms with Crippen LogP contribution in [0.15, 0.2) is 0 Å². The number of nitrogens with one attached hydrogen (secondary N) is 5. The van der Waals surface area contributed by atoms with E-state index in [1.165, 1.54) is 45.4 Å². The maximum absolute atomic E-state index is 12.0. The fraction of sp³-hybridized carbons (Fsp3) is 0.833. The van der Waals surface area contributed by atoms with E-state index in [9.17, 15) is 28.8 Å². The summed E-state index contributed by atoms with van der Waals surface area (Å²) in [5.41, 5.74) is 0. The molecule has 0 aromatic heterocycles. The average molecular weight is 746 g/mol. The number of rotatable bonds is 38. The van der Waals surface area contributed by atoms with Crippen molar-refractivity contribution in [2.75, 3.05) is 85.6 Å². The van der Waals surface area contributed by atoms with E-state index in [1.807, 2.05) is 0 Å². The van der Waals surface area contributed by atoms with Crippen LogP contribution in [-0.2, 0) is 47.7 Å². The molecule has 0 radical (unpaired) electrons. The molecule has 0 unspecified atom stereocenters. The molecular formula is C36H67N5O11. The third-order valence-electron chi connectivity index (χ3n) is 7.62. The number of carbonyl (C=O) groups excluding carboxylic acids is 5. The second-order valence-electron chi connectivity index (χ2n) is 12.5. The summed E-state index contributed by atoms with van der Waals surface area (Å²) >= 11 is 0. The highest BCUT2D eigenvalue weighted by molar-refractivity contribution is 5.78. The largest absolute Gasteiger partial charge is 0.481 e. The van der Waals surface area contributed by atoms with Crippen LogP contribution in [0.25, 0.3) is 0 Å². The Kier molecular flexibility index (Phi) is 35.0. The third kappa shape index (κ3) is 39.4. The van der Waals surface area contributed by atoms with Gasteiger partial charge >= 0.3 is 5.97 Å². The highest BCUT2D eigenvalue weighted by Gasteiger charge is 2.05. The van der Waals surface area contributed by atoms with Crippen molar-refractivity contribution in [3.05, 3.63) is 0 Å². The lowest BCUT2D eigenvalue weighted by atomic mass is 10.0. The lowest BCUT2D eigenvalue weighted by molar-refractivity contribution is -0.137. The van der Waals surface area contributed by atoms with Crippen molar-refractivity contribution in [2.45, 2.75) is 110 Å². The van der Waals surface area contributed by atoms with Crippen LogP contribution in [0.4, 0.5) is 0 Å². The van der Waals surface area contributed by atoms with Crippen LogP contribution in [0.1, 0.15) is 110 Å². The van der Waals surface area contributed by atoms with E-state index in [4.69, 9.17) is 24.1 Å². The van der Waals surface area contributed by atoms with E-state index in [-0.39, 0.29) is 82.2 Å². The van der Waals surface area contributed by atoms with Crippen LogP contribution in [0.3, 0.4) is 0 Å². The summed E-state index contributed by atoms with van der Waals surface area (Å²) in [4.78, 5) is 68.6. The Balaban J connectivity index is 3.38. The topological polar surface area (TPSA) is 220 Å². The number of aliphatic carboxylic acids is 1. The molecule has 0 bridgehead atoms. The number of amides is 5. The minimum atomic E-state index is -0.705. The number of carboxylic acids is 1. The molecule has 0 spiro atoms. The zero-order chi connectivity index (χ0) is 38.3. The van der Waals surface area contributed by atoms with Gasteiger partial charge in [0.25, 0.3) is 0 Å². The summed E-state index contributed by atoms with van der Waals surface area (Å²) in [6.07, 6.45) is 15.0. The van der Waals surface area contributed by atoms with Gasteiger partial charge in [0, 0.05) is 58.9 Å². The number of unbranched alkanes of at least 4 members (excludes halogenated alkanes) is 11. The molecule has 302 valence electrons. The van der Waals surface area contributed by atoms with E-state index in [0.29, 0.717) is 58.6 Å². The molecule has 6 N–H and O–H groups in total. The fourth-order valence-corrected chi connectivity index (χ4v) is 4.82. The smallest absolute Gasteiger partial charge is 0.303 e. The number of carbonyl (C=O) groups is 6. The molecule has 0 saturated heterocycles. The zero-order valence-corrected chi connectivity index (χ0v) is 31.5. The molecular weight excluding hydrogens is 678 g/mol. The summed E-state index contributed by atoms with van der Waals surface area (Å²) in [6.45, 7) is 4.63. The monoisotopic (exact) mass is 745 g/mol. The Morgan fingerprint density at radius 2 is 0.750 bits per heavy atom. The number of hydrogen-bond acceptors (Lipinski definition) is 10. The van der Waals surface area contributed by atoms with E-state index >= 15 is 0 Å². The molecule has 0 aromatic rings. The standard InChI is InChI=1S/C36H67N5O11/c1-31(42)37-19-20-39-34(45)29-51-27-26-50-24-22-41-35(46)30-52-28-25-49-23-21-40-33(44)16-14-18-38-32(43)15-12-10-8-6-4-2-3-5-7-9-11-13-17-36(47)48/h2-30H2,1H3,(H,37,42)(H,38,43)(H,39,45)(H,40,44)(H,41,46)(H,47,48). The summed E-state index contributed by atoms with van der Waals surface area (Å²) in [5, 5.41) is 22.1. The third-order valence-corrected chi connectivity index (χ3v) is 7.62. The van der Waals surface area contributed by atoms with Gasteiger partial charge in [0.1, 0.15) is 13.2 Å². The van der Waals surface area contributed by atoms with Gasteiger partial charge < -0.3 is 50.6 Å². The van der Waals surface area contributed by atoms with Crippen LogP contribution in [-0.4, -0.2) is 126 Å². The van der Waals surface area contributed by atoms with Gasteiger partial charge in [0.15, 0.2) is 0 Å². The molecule has 0 aromatic carbocycles. The summed E-state index contributed by atoms with van der Waals surface area (Å²) < 4.78 is 21.2. The van der Waals surface area contributed by atoms with Gasteiger partial charge in [0.05, 0.1) is 39.6 Å². The van der Waals surface area contributed by atoms with Crippen LogP contribution in [0, 0.1) is 0 Å². The van der Waals surface area contributed by atoms with E-state index in [1.54, 1.807) is 0 Å². The van der Waals surface area contributed by atoms with Gasteiger partial charge in [-0.05, 0) is 19.3 Å². The summed E-state index contributed by atoms with van der Waals surface area (Å²) in [7, 11) is 0. The van der Waals surface area contributed by atoms with Crippen LogP contribution >= 0.6 is 0 Å². The fourth-order valence-electron chi connectivity index (χ4n) is 4.82. The molecule has 16 nitrogen and oxygen atoms in total. The van der Waals surface area contributed by atoms with Crippen molar-refractivity contribution in [3.8, 4) is 0 Å². The van der Waals surface area contributed by atoms with Gasteiger partial charge in [0.2, 0.25) is 29.5 Å². The van der Waals surface area contributed by atoms with Crippen LogP contribution < -0.4 is 26.6 Å². The quantitative estimate of drug-likeness (QED) is 0.0502. The van der Waals surface area contributed by atoms with Gasteiger partial charge in [-0.25, -0.2) is 0 Å². The van der Waals surface area contributed by atoms with E-state index in [0.717, 1.165) is 38.5 Å². The molecule has 0 saturated carbocycles. The molecule has 0 fully saturated rings. The maximum atomic E-state index is 12.0. The predicted molar refractivity (Wildman–Crippen MR) is 196 cm³/mol. The van der Waals surface area contributed by atoms with Gasteiger partial charge in [-0.15, -0.1) is 0 Å². The molecule has 0 atom stereocenters. The first-order chi connectivity index (χ1) is 25.2. The molecule has 5 amide bonds. The first kappa shape index (κ1) is 48.7. The summed E-state index contributed by atoms with van der Waals surface area (Å²) in [6, 6.07) is 0. The summed E-state index contributed by atoms with van der Waals surface area (Å²) in [5.74, 6) is -1.50. The van der Waals surface area contributed by atoms with Crippen LogP contribution in [0.2, 0.25) is 0 Å². The minimum absolute atomic E-state index is 0.0294. The SMILES string of the molecule is CC(=O)NCCNC(=O)COCCOCCNC(=O)COCCOCCNC(=O)CCCNC(=O)CCCCCCCCCCCCCCC(=O)O. The van der Waals surface area contributed by atoms with Crippen molar-refractivity contribution in [1.29, 1.82) is 0 Å². The predicted octanol–water partition coefficient (Wildman–Crippen LogP) is 1.98. The highest BCUT2D eigenvalue weighted by Crippen LogP contribution is 2.13. The Morgan fingerprint density at radius 1 is 0.385 bits per heavy atom. The first-order valence-electron chi connectivity index (χ1n) is 19.0. The Morgan fingerprint density at radius 3 is 1.23 bits per heavy atom. The van der Waals surface area contributed by atoms with Crippen molar-refractivity contribution in [1.82, 2.24) is 26.6 Å². The lowest BCUT2D eigenvalue weighted by Gasteiger charge is -2.09. The van der Waals surface area contributed by atoms with Crippen molar-refractivity contribution < 1.29 is 52.8 Å². The van der Waals surface area contributed by atoms with Gasteiger partial charge in [-0.2, -0.15) is 0 Å². The van der Waals surface area contributed by atoms with Gasteiger partial charge in [-0.1, -0.05) is 64.2 Å². The van der Waals surface area contributed by atoms with Crippen molar-refractivity contribution in [2.24, 2.45) is 0 Å². The number of carboxylic acid groups (broad SMARTS) is 1. The second kappa shape index (κ2) is 37.4. The second-order valence-corrected chi connectivity index (χ2v) is 12.5. The molecule has 0 rings (SSSR count). The highest BCUT2D eigenvalue weighted by atomic mass is 16.5. The first-order valence-corrected chi connectivity index (χ1v) is 19.0. The van der Waals surface area contributed by atoms with Crippen molar-refractivity contribution in [3.63, 3.8) is 0 Å². The molecule has 16 heteroatoms. The number of ether oxygens (including phenoxy) is 4.